The smallest absolute Gasteiger partial charge is 0.339 e. The molecule has 0 aliphatic carbocycles. The lowest BCUT2D eigenvalue weighted by Gasteiger charge is -2.19. The third-order valence-corrected chi connectivity index (χ3v) is 5.29. The maximum absolute atomic E-state index is 12.4. The van der Waals surface area contributed by atoms with Crippen LogP contribution in [0, 0.1) is 11.3 Å². The number of benzene rings is 1. The van der Waals surface area contributed by atoms with Gasteiger partial charge in [-0.1, -0.05) is 25.4 Å². The fourth-order valence-electron chi connectivity index (χ4n) is 1.71. The van der Waals surface area contributed by atoms with Gasteiger partial charge in [-0.3, -0.25) is 0 Å². The van der Waals surface area contributed by atoms with Crippen LogP contribution in [0.2, 0.25) is 5.02 Å². The summed E-state index contributed by atoms with van der Waals surface area (Å²) in [6.45, 7) is 3.59. The quantitative estimate of drug-likeness (QED) is 0.745. The van der Waals surface area contributed by atoms with Gasteiger partial charge in [0.15, 0.2) is 6.61 Å². The van der Waals surface area contributed by atoms with Gasteiger partial charge in [0.2, 0.25) is 10.0 Å². The van der Waals surface area contributed by atoms with Gasteiger partial charge >= 0.3 is 5.97 Å². The highest BCUT2D eigenvalue weighted by Crippen LogP contribution is 2.26. The molecule has 0 aliphatic heterocycles. The van der Waals surface area contributed by atoms with Gasteiger partial charge in [-0.05, 0) is 18.2 Å². The van der Waals surface area contributed by atoms with Crippen LogP contribution in [0.3, 0.4) is 0 Å². The second kappa shape index (κ2) is 7.41. The highest BCUT2D eigenvalue weighted by molar-refractivity contribution is 7.89. The molecular formula is C13H15ClN2O4S. The van der Waals surface area contributed by atoms with Crippen LogP contribution in [0.1, 0.15) is 24.2 Å². The minimum atomic E-state index is -3.78. The van der Waals surface area contributed by atoms with Gasteiger partial charge in [-0.25, -0.2) is 13.2 Å². The van der Waals surface area contributed by atoms with E-state index >= 15 is 0 Å². The largest absolute Gasteiger partial charge is 0.447 e. The van der Waals surface area contributed by atoms with Gasteiger partial charge in [-0.15, -0.1) is 0 Å². The summed E-state index contributed by atoms with van der Waals surface area (Å²) in [6.07, 6.45) is 0. The fraction of sp³-hybridized carbons (Fsp3) is 0.385. The van der Waals surface area contributed by atoms with E-state index in [-0.39, 0.29) is 28.6 Å². The summed E-state index contributed by atoms with van der Waals surface area (Å²) in [5.74, 6) is -0.774. The highest BCUT2D eigenvalue weighted by atomic mass is 35.5. The molecule has 114 valence electrons. The molecule has 0 heterocycles. The van der Waals surface area contributed by atoms with E-state index in [1.165, 1.54) is 16.4 Å². The minimum absolute atomic E-state index is 0.0266. The summed E-state index contributed by atoms with van der Waals surface area (Å²) in [4.78, 5) is 11.5. The predicted molar refractivity (Wildman–Crippen MR) is 77.5 cm³/mol. The molecule has 21 heavy (non-hydrogen) atoms. The summed E-state index contributed by atoms with van der Waals surface area (Å²) < 4.78 is 30.8. The van der Waals surface area contributed by atoms with Gasteiger partial charge in [0.05, 0.1) is 10.6 Å². The summed E-state index contributed by atoms with van der Waals surface area (Å²) in [5.41, 5.74) is 0.0281. The fourth-order valence-corrected chi connectivity index (χ4v) is 3.67. The number of carbonyl (C=O) groups excluding carboxylic acids is 1. The van der Waals surface area contributed by atoms with E-state index in [2.05, 4.69) is 4.74 Å². The maximum Gasteiger partial charge on any atom is 0.339 e. The van der Waals surface area contributed by atoms with Gasteiger partial charge in [0.25, 0.3) is 0 Å². The molecular weight excluding hydrogens is 316 g/mol. The first kappa shape index (κ1) is 17.4. The number of esters is 1. The van der Waals surface area contributed by atoms with Crippen molar-refractivity contribution in [3.8, 4) is 6.07 Å². The molecule has 0 saturated carbocycles. The average Bonchev–Trinajstić information content (AvgIpc) is 2.46. The summed E-state index contributed by atoms with van der Waals surface area (Å²) in [5, 5.41) is 8.40. The molecule has 0 unspecified atom stereocenters. The van der Waals surface area contributed by atoms with Crippen LogP contribution in [0.5, 0.6) is 0 Å². The number of hydrogen-bond donors (Lipinski definition) is 0. The molecule has 1 aromatic carbocycles. The lowest BCUT2D eigenvalue weighted by molar-refractivity contribution is 0.0554. The number of nitriles is 1. The van der Waals surface area contributed by atoms with Crippen molar-refractivity contribution in [3.63, 3.8) is 0 Å². The maximum atomic E-state index is 12.4. The number of halogens is 1. The van der Waals surface area contributed by atoms with E-state index in [1.807, 2.05) is 0 Å². The van der Waals surface area contributed by atoms with E-state index in [1.54, 1.807) is 19.9 Å². The Balaban J connectivity index is 3.26. The molecule has 0 bridgehead atoms. The van der Waals surface area contributed by atoms with Crippen LogP contribution in [0.25, 0.3) is 0 Å². The highest BCUT2D eigenvalue weighted by Gasteiger charge is 2.25. The zero-order valence-corrected chi connectivity index (χ0v) is 13.2. The van der Waals surface area contributed by atoms with Gasteiger partial charge < -0.3 is 4.74 Å². The van der Waals surface area contributed by atoms with Crippen molar-refractivity contribution in [2.75, 3.05) is 19.7 Å². The number of ether oxygens (including phenoxy) is 1. The zero-order valence-electron chi connectivity index (χ0n) is 11.7. The lowest BCUT2D eigenvalue weighted by Crippen LogP contribution is -2.31. The normalized spacial score (nSPS) is 11.2. The average molecular weight is 331 g/mol. The molecule has 0 amide bonds. The Bertz CT molecular complexity index is 663. The van der Waals surface area contributed by atoms with E-state index in [0.717, 1.165) is 6.07 Å². The molecule has 0 saturated heterocycles. The van der Waals surface area contributed by atoms with Crippen LogP contribution < -0.4 is 0 Å². The van der Waals surface area contributed by atoms with E-state index in [0.29, 0.717) is 0 Å². The van der Waals surface area contributed by atoms with E-state index < -0.39 is 22.6 Å². The van der Waals surface area contributed by atoms with Crippen LogP contribution >= 0.6 is 11.6 Å². The predicted octanol–water partition coefficient (Wildman–Crippen LogP) is 2.05. The van der Waals surface area contributed by atoms with Crippen LogP contribution in [-0.4, -0.2) is 38.4 Å². The standard InChI is InChI=1S/C13H15ClN2O4S/c1-3-16(4-2)21(18,19)12-9-10(5-6-11(12)14)13(17)20-8-7-15/h5-6,9H,3-4,8H2,1-2H3. The first-order chi connectivity index (χ1) is 9.88. The second-order valence-corrected chi connectivity index (χ2v) is 6.28. The van der Waals surface area contributed by atoms with E-state index in [9.17, 15) is 13.2 Å². The Hall–Kier alpha value is -1.62. The number of rotatable bonds is 6. The van der Waals surface area contributed by atoms with Gasteiger partial charge in [0, 0.05) is 13.1 Å². The van der Waals surface area contributed by atoms with Gasteiger partial charge in [-0.2, -0.15) is 9.57 Å². The Labute approximate surface area is 128 Å². The molecule has 6 nitrogen and oxygen atoms in total. The molecule has 0 radical (unpaired) electrons. The minimum Gasteiger partial charge on any atom is -0.447 e. The van der Waals surface area contributed by atoms with Crippen LogP contribution in [-0.2, 0) is 14.8 Å². The lowest BCUT2D eigenvalue weighted by atomic mass is 10.2. The first-order valence-corrected chi connectivity index (χ1v) is 8.04. The molecule has 0 fully saturated rings. The van der Waals surface area contributed by atoms with Crippen molar-refractivity contribution in [1.29, 1.82) is 5.26 Å². The number of carbonyl (C=O) groups is 1. The van der Waals surface area contributed by atoms with Crippen molar-refractivity contribution in [1.82, 2.24) is 4.31 Å². The van der Waals surface area contributed by atoms with E-state index in [4.69, 9.17) is 16.9 Å². The Morgan fingerprint density at radius 1 is 1.38 bits per heavy atom. The molecule has 0 N–H and O–H groups in total. The van der Waals surface area contributed by atoms with Crippen molar-refractivity contribution in [3.05, 3.63) is 28.8 Å². The van der Waals surface area contributed by atoms with Gasteiger partial charge in [0.1, 0.15) is 11.0 Å². The molecule has 1 rings (SSSR count). The molecule has 0 atom stereocenters. The Morgan fingerprint density at radius 3 is 2.52 bits per heavy atom. The number of nitrogens with zero attached hydrogens (tertiary/aromatic N) is 2. The molecule has 0 aromatic heterocycles. The third-order valence-electron chi connectivity index (χ3n) is 2.76. The van der Waals surface area contributed by atoms with Crippen LogP contribution in [0.4, 0.5) is 0 Å². The summed E-state index contributed by atoms with van der Waals surface area (Å²) in [7, 11) is -3.78. The second-order valence-electron chi connectivity index (χ2n) is 3.97. The monoisotopic (exact) mass is 330 g/mol. The number of sulfonamides is 1. The number of hydrogen-bond acceptors (Lipinski definition) is 5. The third kappa shape index (κ3) is 3.94. The summed E-state index contributed by atoms with van der Waals surface area (Å²) in [6, 6.07) is 5.50. The first-order valence-electron chi connectivity index (χ1n) is 6.22. The Morgan fingerprint density at radius 2 is 2.00 bits per heavy atom. The topological polar surface area (TPSA) is 87.5 Å². The molecule has 8 heteroatoms. The van der Waals surface area contributed by atoms with Crippen molar-refractivity contribution in [2.24, 2.45) is 0 Å². The van der Waals surface area contributed by atoms with Crippen LogP contribution in [0.15, 0.2) is 23.1 Å². The molecule has 0 spiro atoms. The Kier molecular flexibility index (Phi) is 6.15. The summed E-state index contributed by atoms with van der Waals surface area (Å²) >= 11 is 5.94. The van der Waals surface area contributed by atoms with Crippen molar-refractivity contribution in [2.45, 2.75) is 18.7 Å². The molecule has 0 aliphatic rings. The molecule has 1 aromatic rings. The zero-order chi connectivity index (χ0) is 16.0. The van der Waals surface area contributed by atoms with Crippen molar-refractivity contribution < 1.29 is 17.9 Å². The SMILES string of the molecule is CCN(CC)S(=O)(=O)c1cc(C(=O)OCC#N)ccc1Cl. The van der Waals surface area contributed by atoms with Crippen molar-refractivity contribution >= 4 is 27.6 Å².